The lowest BCUT2D eigenvalue weighted by atomic mass is 10.2. The average Bonchev–Trinajstić information content (AvgIpc) is 2.97. The number of thiazole rings is 1. The molecule has 1 heterocycles. The monoisotopic (exact) mass is 427 g/mol. The maximum atomic E-state index is 12.8. The van der Waals surface area contributed by atoms with Gasteiger partial charge in [-0.15, -0.1) is 11.3 Å². The molecule has 1 aromatic carbocycles. The van der Waals surface area contributed by atoms with E-state index in [4.69, 9.17) is 0 Å². The Labute approximate surface area is 169 Å². The van der Waals surface area contributed by atoms with Gasteiger partial charge in [0.05, 0.1) is 17.0 Å². The minimum absolute atomic E-state index is 0.190. The number of aryl methyl sites for hydroxylation is 2. The number of anilines is 1. The normalized spacial score (nSPS) is 11.8. The number of thioether (sulfide) groups is 1. The van der Waals surface area contributed by atoms with Crippen LogP contribution in [0.3, 0.4) is 0 Å². The molecule has 0 bridgehead atoms. The number of benzene rings is 1. The average molecular weight is 428 g/mol. The van der Waals surface area contributed by atoms with Crippen molar-refractivity contribution in [1.82, 2.24) is 9.29 Å². The van der Waals surface area contributed by atoms with E-state index in [0.29, 0.717) is 24.3 Å². The first-order valence-electron chi connectivity index (χ1n) is 8.63. The Hall–Kier alpha value is -1.42. The lowest BCUT2D eigenvalue weighted by Crippen LogP contribution is -2.31. The summed E-state index contributed by atoms with van der Waals surface area (Å²) in [6.45, 7) is 8.06. The molecule has 6 nitrogen and oxygen atoms in total. The molecule has 0 saturated carbocycles. The largest absolute Gasteiger partial charge is 0.326 e. The number of nitrogens with zero attached hydrogens (tertiary/aromatic N) is 2. The van der Waals surface area contributed by atoms with Crippen LogP contribution in [0.25, 0.3) is 0 Å². The van der Waals surface area contributed by atoms with Gasteiger partial charge in [-0.05, 0) is 37.8 Å². The Bertz CT molecular complexity index is 919. The summed E-state index contributed by atoms with van der Waals surface area (Å²) in [7, 11) is -3.58. The van der Waals surface area contributed by atoms with E-state index in [1.807, 2.05) is 27.0 Å². The maximum absolute atomic E-state index is 12.8. The molecular weight excluding hydrogens is 402 g/mol. The zero-order chi connectivity index (χ0) is 20.2. The van der Waals surface area contributed by atoms with Gasteiger partial charge in [-0.2, -0.15) is 4.31 Å². The van der Waals surface area contributed by atoms with E-state index in [-0.39, 0.29) is 17.2 Å². The SMILES string of the molecule is CCN(CC)S(=O)(=O)c1cc(NC(=O)Cc2sc(SC)nc2C)ccc1C. The van der Waals surface area contributed by atoms with Gasteiger partial charge in [0.15, 0.2) is 0 Å². The predicted octanol–water partition coefficient (Wildman–Crippen LogP) is 3.69. The van der Waals surface area contributed by atoms with Gasteiger partial charge in [0.1, 0.15) is 4.34 Å². The number of nitrogens with one attached hydrogen (secondary N) is 1. The summed E-state index contributed by atoms with van der Waals surface area (Å²) >= 11 is 3.06. The molecule has 1 aromatic heterocycles. The van der Waals surface area contributed by atoms with Crippen molar-refractivity contribution in [3.63, 3.8) is 0 Å². The van der Waals surface area contributed by atoms with E-state index in [0.717, 1.165) is 14.9 Å². The van der Waals surface area contributed by atoms with Crippen LogP contribution in [0.2, 0.25) is 0 Å². The van der Waals surface area contributed by atoms with Crippen LogP contribution in [0.4, 0.5) is 5.69 Å². The molecule has 148 valence electrons. The lowest BCUT2D eigenvalue weighted by molar-refractivity contribution is -0.115. The number of carbonyl (C=O) groups excluding carboxylic acids is 1. The quantitative estimate of drug-likeness (QED) is 0.650. The summed E-state index contributed by atoms with van der Waals surface area (Å²) in [5.74, 6) is -0.190. The van der Waals surface area contributed by atoms with Crippen molar-refractivity contribution in [2.24, 2.45) is 0 Å². The highest BCUT2D eigenvalue weighted by Crippen LogP contribution is 2.27. The predicted molar refractivity (Wildman–Crippen MR) is 112 cm³/mol. The second-order valence-corrected chi connectivity index (χ2v) is 10.0. The second-order valence-electron chi connectivity index (χ2n) is 5.99. The number of hydrogen-bond acceptors (Lipinski definition) is 6. The van der Waals surface area contributed by atoms with E-state index >= 15 is 0 Å². The van der Waals surface area contributed by atoms with Crippen LogP contribution < -0.4 is 5.32 Å². The lowest BCUT2D eigenvalue weighted by Gasteiger charge is -2.20. The van der Waals surface area contributed by atoms with E-state index in [9.17, 15) is 13.2 Å². The molecule has 0 atom stereocenters. The molecule has 1 N–H and O–H groups in total. The second kappa shape index (κ2) is 9.18. The Morgan fingerprint density at radius 1 is 1.26 bits per heavy atom. The third-order valence-electron chi connectivity index (χ3n) is 4.16. The van der Waals surface area contributed by atoms with Gasteiger partial charge in [0.2, 0.25) is 15.9 Å². The third-order valence-corrected chi connectivity index (χ3v) is 8.50. The first kappa shape index (κ1) is 21.9. The molecule has 27 heavy (non-hydrogen) atoms. The number of sulfonamides is 1. The Balaban J connectivity index is 2.22. The summed E-state index contributed by atoms with van der Waals surface area (Å²) in [4.78, 5) is 18.0. The van der Waals surface area contributed by atoms with Crippen molar-refractivity contribution in [2.45, 2.75) is 43.4 Å². The summed E-state index contributed by atoms with van der Waals surface area (Å²) in [5, 5.41) is 2.81. The molecule has 0 spiro atoms. The molecule has 0 aliphatic heterocycles. The van der Waals surface area contributed by atoms with Crippen LogP contribution >= 0.6 is 23.1 Å². The van der Waals surface area contributed by atoms with Gasteiger partial charge in [-0.25, -0.2) is 13.4 Å². The number of hydrogen-bond donors (Lipinski definition) is 1. The number of aromatic nitrogens is 1. The molecular formula is C18H25N3O3S3. The van der Waals surface area contributed by atoms with Crippen molar-refractivity contribution >= 4 is 44.7 Å². The van der Waals surface area contributed by atoms with E-state index in [2.05, 4.69) is 10.3 Å². The highest BCUT2D eigenvalue weighted by Gasteiger charge is 2.24. The van der Waals surface area contributed by atoms with Gasteiger partial charge in [0, 0.05) is 23.7 Å². The molecule has 0 radical (unpaired) electrons. The Morgan fingerprint density at radius 3 is 2.48 bits per heavy atom. The van der Waals surface area contributed by atoms with Crippen LogP contribution in [0.1, 0.15) is 30.0 Å². The molecule has 0 unspecified atom stereocenters. The number of rotatable bonds is 8. The Kier molecular flexibility index (Phi) is 7.44. The van der Waals surface area contributed by atoms with Crippen molar-refractivity contribution < 1.29 is 13.2 Å². The standard InChI is InChI=1S/C18H25N3O3S3/c1-6-21(7-2)27(23,24)16-10-14(9-8-12(16)3)20-17(22)11-15-13(4)19-18(25-5)26-15/h8-10H,6-7,11H2,1-5H3,(H,20,22). The minimum Gasteiger partial charge on any atom is -0.326 e. The zero-order valence-electron chi connectivity index (χ0n) is 16.2. The molecule has 2 rings (SSSR count). The van der Waals surface area contributed by atoms with Gasteiger partial charge in [-0.1, -0.05) is 31.7 Å². The molecule has 2 aromatic rings. The topological polar surface area (TPSA) is 79.4 Å². The molecule has 1 amide bonds. The van der Waals surface area contributed by atoms with Crippen molar-refractivity contribution in [2.75, 3.05) is 24.7 Å². The highest BCUT2D eigenvalue weighted by atomic mass is 32.2. The fourth-order valence-electron chi connectivity index (χ4n) is 2.66. The van der Waals surface area contributed by atoms with Gasteiger partial charge in [0.25, 0.3) is 0 Å². The van der Waals surface area contributed by atoms with E-state index < -0.39 is 10.0 Å². The van der Waals surface area contributed by atoms with Crippen LogP contribution in [0.15, 0.2) is 27.4 Å². The summed E-state index contributed by atoms with van der Waals surface area (Å²) in [6.07, 6.45) is 2.17. The van der Waals surface area contributed by atoms with Crippen LogP contribution in [-0.2, 0) is 21.2 Å². The van der Waals surface area contributed by atoms with Crippen molar-refractivity contribution in [3.8, 4) is 0 Å². The van der Waals surface area contributed by atoms with Crippen LogP contribution in [-0.4, -0.2) is 43.0 Å². The van der Waals surface area contributed by atoms with Crippen LogP contribution in [0, 0.1) is 13.8 Å². The highest BCUT2D eigenvalue weighted by molar-refractivity contribution is 8.00. The number of carbonyl (C=O) groups is 1. The van der Waals surface area contributed by atoms with Crippen LogP contribution in [0.5, 0.6) is 0 Å². The summed E-state index contributed by atoms with van der Waals surface area (Å²) in [6, 6.07) is 4.98. The fourth-order valence-corrected chi connectivity index (χ4v) is 6.02. The molecule has 0 aliphatic carbocycles. The molecule has 0 saturated heterocycles. The van der Waals surface area contributed by atoms with Crippen molar-refractivity contribution in [3.05, 3.63) is 34.3 Å². The molecule has 0 aliphatic rings. The summed E-state index contributed by atoms with van der Waals surface area (Å²) < 4.78 is 28.0. The van der Waals surface area contributed by atoms with Gasteiger partial charge >= 0.3 is 0 Å². The van der Waals surface area contributed by atoms with Gasteiger partial charge in [-0.3, -0.25) is 4.79 Å². The minimum atomic E-state index is -3.58. The molecule has 0 fully saturated rings. The zero-order valence-corrected chi connectivity index (χ0v) is 18.6. The molecule has 9 heteroatoms. The maximum Gasteiger partial charge on any atom is 0.243 e. The summed E-state index contributed by atoms with van der Waals surface area (Å²) in [5.41, 5.74) is 1.99. The smallest absolute Gasteiger partial charge is 0.243 e. The first-order valence-corrected chi connectivity index (χ1v) is 12.1. The van der Waals surface area contributed by atoms with Crippen molar-refractivity contribution in [1.29, 1.82) is 0 Å². The van der Waals surface area contributed by atoms with Gasteiger partial charge < -0.3 is 5.32 Å². The van der Waals surface area contributed by atoms with E-state index in [1.165, 1.54) is 21.7 Å². The number of amides is 1. The Morgan fingerprint density at radius 2 is 1.93 bits per heavy atom. The fraction of sp³-hybridized carbons (Fsp3) is 0.444. The third kappa shape index (κ3) is 5.10. The van der Waals surface area contributed by atoms with E-state index in [1.54, 1.807) is 30.8 Å². The first-order chi connectivity index (χ1) is 12.7.